The first-order valence-electron chi connectivity index (χ1n) is 9.54. The molecule has 0 fully saturated rings. The minimum Gasteiger partial charge on any atom is -0.384 e. The lowest BCUT2D eigenvalue weighted by Gasteiger charge is -2.14. The normalized spacial score (nSPS) is 14.6. The number of carbonyl (C=O) groups is 1. The Kier molecular flexibility index (Phi) is 5.18. The van der Waals surface area contributed by atoms with Crippen LogP contribution in [0.1, 0.15) is 40.6 Å². The van der Waals surface area contributed by atoms with Crippen molar-refractivity contribution in [2.45, 2.75) is 43.0 Å². The molecule has 11 heteroatoms. The quantitative estimate of drug-likeness (QED) is 0.349. The van der Waals surface area contributed by atoms with Crippen LogP contribution in [0, 0.1) is 0 Å². The van der Waals surface area contributed by atoms with E-state index in [2.05, 4.69) is 9.97 Å². The highest BCUT2D eigenvalue weighted by atomic mass is 32.2. The SMILES string of the molecule is CC(Sc1nc(N)c2c3c(sc2n1)CCCC3)C(=O)c1c(N)n(C)c(=O)n(C)c1=O. The fourth-order valence-electron chi connectivity index (χ4n) is 3.72. The van der Waals surface area contributed by atoms with Gasteiger partial charge >= 0.3 is 5.69 Å². The predicted octanol–water partition coefficient (Wildman–Crippen LogP) is 1.50. The van der Waals surface area contributed by atoms with Gasteiger partial charge in [0.25, 0.3) is 5.56 Å². The van der Waals surface area contributed by atoms with Gasteiger partial charge in [0.15, 0.2) is 10.9 Å². The molecule has 30 heavy (non-hydrogen) atoms. The smallest absolute Gasteiger partial charge is 0.332 e. The maximum atomic E-state index is 13.0. The van der Waals surface area contributed by atoms with Gasteiger partial charge in [0, 0.05) is 19.0 Å². The summed E-state index contributed by atoms with van der Waals surface area (Å²) >= 11 is 2.75. The maximum absolute atomic E-state index is 13.0. The topological polar surface area (TPSA) is 139 Å². The molecule has 158 valence electrons. The number of hydrogen-bond donors (Lipinski definition) is 2. The molecule has 0 bridgehead atoms. The van der Waals surface area contributed by atoms with Crippen LogP contribution in [0.15, 0.2) is 14.7 Å². The largest absolute Gasteiger partial charge is 0.384 e. The standard InChI is InChI=1S/C19H22N6O3S2/c1-8(13(26)12-15(21)24(2)19(28)25(3)17(12)27)29-18-22-14(20)11-9-6-4-5-7-10(9)30-16(11)23-18/h8H,4-7,21H2,1-3H3,(H2,20,22,23). The lowest BCUT2D eigenvalue weighted by molar-refractivity contribution is 0.0992. The van der Waals surface area contributed by atoms with Gasteiger partial charge in [-0.25, -0.2) is 14.8 Å². The van der Waals surface area contributed by atoms with Crippen molar-refractivity contribution in [1.29, 1.82) is 0 Å². The second-order valence-electron chi connectivity index (χ2n) is 7.37. The molecule has 1 unspecified atom stereocenters. The van der Waals surface area contributed by atoms with Gasteiger partial charge < -0.3 is 11.5 Å². The highest BCUT2D eigenvalue weighted by Crippen LogP contribution is 2.39. The second-order valence-corrected chi connectivity index (χ2v) is 9.76. The number of thioether (sulfide) groups is 1. The third kappa shape index (κ3) is 3.21. The van der Waals surface area contributed by atoms with Crippen LogP contribution in [-0.4, -0.2) is 30.1 Å². The molecule has 1 atom stereocenters. The molecule has 0 saturated carbocycles. The van der Waals surface area contributed by atoms with Crippen LogP contribution >= 0.6 is 23.1 Å². The van der Waals surface area contributed by atoms with Crippen LogP contribution in [0.2, 0.25) is 0 Å². The molecule has 1 aliphatic carbocycles. The molecule has 3 heterocycles. The number of nitrogen functional groups attached to an aromatic ring is 2. The van der Waals surface area contributed by atoms with Gasteiger partial charge in [-0.15, -0.1) is 11.3 Å². The number of hydrogen-bond acceptors (Lipinski definition) is 9. The molecule has 0 amide bonds. The Hall–Kier alpha value is -2.66. The molecule has 0 spiro atoms. The average molecular weight is 447 g/mol. The number of aryl methyl sites for hydroxylation is 2. The van der Waals surface area contributed by atoms with Crippen molar-refractivity contribution in [3.05, 3.63) is 36.8 Å². The van der Waals surface area contributed by atoms with E-state index >= 15 is 0 Å². The number of anilines is 2. The number of ketones is 1. The summed E-state index contributed by atoms with van der Waals surface area (Å²) in [6, 6.07) is 0. The van der Waals surface area contributed by atoms with Crippen LogP contribution in [0.3, 0.4) is 0 Å². The molecule has 4 N–H and O–H groups in total. The third-order valence-electron chi connectivity index (χ3n) is 5.43. The first-order chi connectivity index (χ1) is 14.2. The summed E-state index contributed by atoms with van der Waals surface area (Å²) < 4.78 is 1.96. The van der Waals surface area contributed by atoms with Crippen molar-refractivity contribution < 1.29 is 4.79 Å². The Morgan fingerprint density at radius 2 is 1.83 bits per heavy atom. The number of Topliss-reactive ketones (excluding diaryl/α,β-unsaturated/α-hetero) is 1. The van der Waals surface area contributed by atoms with Crippen molar-refractivity contribution in [3.8, 4) is 0 Å². The molecule has 9 nitrogen and oxygen atoms in total. The summed E-state index contributed by atoms with van der Waals surface area (Å²) in [5.74, 6) is -0.220. The molecule has 3 aromatic heterocycles. The number of fused-ring (bicyclic) bond motifs is 3. The van der Waals surface area contributed by atoms with Gasteiger partial charge in [-0.2, -0.15) is 0 Å². The maximum Gasteiger partial charge on any atom is 0.332 e. The van der Waals surface area contributed by atoms with Gasteiger partial charge in [-0.05, 0) is 38.2 Å². The molecular weight excluding hydrogens is 424 g/mol. The van der Waals surface area contributed by atoms with E-state index in [1.165, 1.54) is 24.5 Å². The first kappa shape index (κ1) is 20.6. The van der Waals surface area contributed by atoms with Gasteiger partial charge in [0.2, 0.25) is 0 Å². The second kappa shape index (κ2) is 7.55. The third-order valence-corrected chi connectivity index (χ3v) is 7.58. The fraction of sp³-hybridized carbons (Fsp3) is 0.421. The predicted molar refractivity (Wildman–Crippen MR) is 119 cm³/mol. The van der Waals surface area contributed by atoms with E-state index in [4.69, 9.17) is 11.5 Å². The monoisotopic (exact) mass is 446 g/mol. The molecule has 3 aromatic rings. The number of nitrogens with zero attached hydrogens (tertiary/aromatic N) is 4. The number of aromatic nitrogens is 4. The summed E-state index contributed by atoms with van der Waals surface area (Å²) in [6.07, 6.45) is 4.31. The Labute approximate surface area is 180 Å². The van der Waals surface area contributed by atoms with Gasteiger partial charge in [0.05, 0.1) is 10.6 Å². The summed E-state index contributed by atoms with van der Waals surface area (Å²) in [6.45, 7) is 1.65. The van der Waals surface area contributed by atoms with E-state index < -0.39 is 22.3 Å². The van der Waals surface area contributed by atoms with E-state index in [0.29, 0.717) is 11.0 Å². The number of thiophene rings is 1. The summed E-state index contributed by atoms with van der Waals surface area (Å²) in [5, 5.41) is 0.609. The van der Waals surface area contributed by atoms with Crippen LogP contribution in [0.5, 0.6) is 0 Å². The first-order valence-corrected chi connectivity index (χ1v) is 11.2. The van der Waals surface area contributed by atoms with Crippen molar-refractivity contribution in [2.75, 3.05) is 11.5 Å². The lowest BCUT2D eigenvalue weighted by Crippen LogP contribution is -2.42. The Balaban J connectivity index is 1.69. The van der Waals surface area contributed by atoms with Crippen LogP contribution < -0.4 is 22.7 Å². The van der Waals surface area contributed by atoms with Crippen LogP contribution in [0.25, 0.3) is 10.2 Å². The van der Waals surface area contributed by atoms with E-state index in [0.717, 1.165) is 56.8 Å². The fourth-order valence-corrected chi connectivity index (χ4v) is 5.89. The molecule has 1 aliphatic rings. The van der Waals surface area contributed by atoms with Gasteiger partial charge in [-0.1, -0.05) is 11.8 Å². The highest BCUT2D eigenvalue weighted by molar-refractivity contribution is 8.00. The Morgan fingerprint density at radius 3 is 2.57 bits per heavy atom. The van der Waals surface area contributed by atoms with Crippen molar-refractivity contribution in [1.82, 2.24) is 19.1 Å². The molecule has 0 aromatic carbocycles. The highest BCUT2D eigenvalue weighted by Gasteiger charge is 2.27. The summed E-state index contributed by atoms with van der Waals surface area (Å²) in [4.78, 5) is 48.6. The van der Waals surface area contributed by atoms with Crippen molar-refractivity contribution in [2.24, 2.45) is 14.1 Å². The zero-order valence-electron chi connectivity index (χ0n) is 16.9. The Morgan fingerprint density at radius 1 is 1.13 bits per heavy atom. The number of carbonyl (C=O) groups excluding carboxylic acids is 1. The molecule has 0 aliphatic heterocycles. The average Bonchev–Trinajstić information content (AvgIpc) is 3.09. The minimum absolute atomic E-state index is 0.151. The number of rotatable bonds is 4. The Bertz CT molecular complexity index is 1310. The summed E-state index contributed by atoms with van der Waals surface area (Å²) in [5.41, 5.74) is 11.9. The van der Waals surface area contributed by atoms with Gasteiger partial charge in [0.1, 0.15) is 22.0 Å². The van der Waals surface area contributed by atoms with Gasteiger partial charge in [-0.3, -0.25) is 18.7 Å². The van der Waals surface area contributed by atoms with E-state index in [1.807, 2.05) is 0 Å². The van der Waals surface area contributed by atoms with Crippen LogP contribution in [-0.2, 0) is 26.9 Å². The number of nitrogens with two attached hydrogens (primary N) is 2. The molecule has 0 saturated heterocycles. The van der Waals surface area contributed by atoms with Crippen molar-refractivity contribution >= 4 is 50.7 Å². The van der Waals surface area contributed by atoms with Crippen molar-refractivity contribution in [3.63, 3.8) is 0 Å². The molecular formula is C19H22N6O3S2. The lowest BCUT2D eigenvalue weighted by atomic mass is 9.97. The summed E-state index contributed by atoms with van der Waals surface area (Å²) in [7, 11) is 2.73. The zero-order chi connectivity index (χ0) is 21.7. The molecule has 4 rings (SSSR count). The minimum atomic E-state index is -0.713. The molecule has 0 radical (unpaired) electrons. The van der Waals surface area contributed by atoms with E-state index in [-0.39, 0.29) is 11.4 Å². The van der Waals surface area contributed by atoms with Crippen LogP contribution in [0.4, 0.5) is 11.6 Å². The van der Waals surface area contributed by atoms with E-state index in [9.17, 15) is 14.4 Å². The zero-order valence-corrected chi connectivity index (χ0v) is 18.5. The van der Waals surface area contributed by atoms with E-state index in [1.54, 1.807) is 18.3 Å².